The summed E-state index contributed by atoms with van der Waals surface area (Å²) in [6, 6.07) is 11.4. The van der Waals surface area contributed by atoms with Crippen LogP contribution in [0.25, 0.3) is 0 Å². The van der Waals surface area contributed by atoms with Crippen LogP contribution in [-0.2, 0) is 11.2 Å². The Labute approximate surface area is 160 Å². The van der Waals surface area contributed by atoms with Crippen LogP contribution in [0.1, 0.15) is 15.2 Å². The van der Waals surface area contributed by atoms with Gasteiger partial charge in [-0.25, -0.2) is 0 Å². The molecule has 1 N–H and O–H groups in total. The van der Waals surface area contributed by atoms with Crippen molar-refractivity contribution in [3.63, 3.8) is 0 Å². The molecule has 25 heavy (non-hydrogen) atoms. The van der Waals surface area contributed by atoms with Gasteiger partial charge in [0, 0.05) is 19.3 Å². The molecule has 0 aliphatic carbocycles. The molecule has 2 rings (SSSR count). The average Bonchev–Trinajstić information content (AvgIpc) is 2.99. The molecular formula is C18H22BrN3O2S. The molecule has 0 aliphatic rings. The van der Waals surface area contributed by atoms with Crippen molar-refractivity contribution >= 4 is 44.8 Å². The molecule has 7 heteroatoms. The van der Waals surface area contributed by atoms with E-state index in [1.807, 2.05) is 44.4 Å². The smallest absolute Gasteiger partial charge is 0.264 e. The van der Waals surface area contributed by atoms with Crippen molar-refractivity contribution in [1.82, 2.24) is 9.80 Å². The molecule has 0 atom stereocenters. The lowest BCUT2D eigenvalue weighted by Crippen LogP contribution is -2.34. The molecule has 0 bridgehead atoms. The lowest BCUT2D eigenvalue weighted by Gasteiger charge is -2.16. The van der Waals surface area contributed by atoms with Crippen molar-refractivity contribution in [2.75, 3.05) is 39.5 Å². The monoisotopic (exact) mass is 423 g/mol. The summed E-state index contributed by atoms with van der Waals surface area (Å²) in [5, 5.41) is 2.83. The van der Waals surface area contributed by atoms with Gasteiger partial charge in [-0.2, -0.15) is 0 Å². The first-order chi connectivity index (χ1) is 11.8. The van der Waals surface area contributed by atoms with Crippen LogP contribution in [0.2, 0.25) is 0 Å². The van der Waals surface area contributed by atoms with Gasteiger partial charge in [-0.15, -0.1) is 11.3 Å². The molecule has 0 saturated carbocycles. The van der Waals surface area contributed by atoms with Gasteiger partial charge in [0.25, 0.3) is 5.91 Å². The number of anilines is 1. The Morgan fingerprint density at radius 3 is 2.32 bits per heavy atom. The number of thiophene rings is 1. The van der Waals surface area contributed by atoms with Crippen LogP contribution in [0.5, 0.6) is 0 Å². The highest BCUT2D eigenvalue weighted by Gasteiger charge is 2.16. The van der Waals surface area contributed by atoms with Crippen molar-refractivity contribution in [1.29, 1.82) is 0 Å². The number of carbonyl (C=O) groups is 2. The molecule has 1 aromatic carbocycles. The summed E-state index contributed by atoms with van der Waals surface area (Å²) in [5.74, 6) is -0.377. The molecule has 0 radical (unpaired) electrons. The molecule has 0 aliphatic heterocycles. The van der Waals surface area contributed by atoms with E-state index in [0.29, 0.717) is 4.88 Å². The first kappa shape index (κ1) is 19.6. The first-order valence-electron chi connectivity index (χ1n) is 7.89. The van der Waals surface area contributed by atoms with E-state index in [1.54, 1.807) is 13.1 Å². The molecule has 5 nitrogen and oxygen atoms in total. The topological polar surface area (TPSA) is 52.7 Å². The number of nitrogens with zero attached hydrogens (tertiary/aromatic N) is 2. The maximum atomic E-state index is 12.2. The fourth-order valence-electron chi connectivity index (χ4n) is 2.21. The van der Waals surface area contributed by atoms with Crippen LogP contribution >= 0.6 is 27.3 Å². The lowest BCUT2D eigenvalue weighted by molar-refractivity contribution is -0.116. The van der Waals surface area contributed by atoms with Gasteiger partial charge in [0.05, 0.1) is 15.2 Å². The second-order valence-corrected chi connectivity index (χ2v) is 8.53. The summed E-state index contributed by atoms with van der Waals surface area (Å²) in [6.45, 7) is 0.994. The molecule has 2 amide bonds. The number of rotatable bonds is 7. The minimum absolute atomic E-state index is 0.0106. The van der Waals surface area contributed by atoms with Crippen molar-refractivity contribution in [2.45, 2.75) is 6.42 Å². The quantitative estimate of drug-likeness (QED) is 0.742. The maximum Gasteiger partial charge on any atom is 0.264 e. The number of likely N-dealkylation sites (N-methyl/N-ethyl adjacent to an activating group) is 2. The first-order valence-corrected chi connectivity index (χ1v) is 9.50. The number of amides is 2. The lowest BCUT2D eigenvalue weighted by atomic mass is 10.1. The van der Waals surface area contributed by atoms with Gasteiger partial charge >= 0.3 is 0 Å². The van der Waals surface area contributed by atoms with Gasteiger partial charge in [0.2, 0.25) is 5.91 Å². The third-order valence-corrected chi connectivity index (χ3v) is 5.21. The number of benzene rings is 1. The zero-order valence-electron chi connectivity index (χ0n) is 14.6. The summed E-state index contributed by atoms with van der Waals surface area (Å²) >= 11 is 4.69. The molecule has 0 saturated heterocycles. The molecule has 0 spiro atoms. The Hall–Kier alpha value is -1.70. The van der Waals surface area contributed by atoms with Crippen LogP contribution in [0.15, 0.2) is 40.2 Å². The molecular weight excluding hydrogens is 402 g/mol. The number of hydrogen-bond donors (Lipinski definition) is 1. The number of nitrogens with one attached hydrogen (secondary N) is 1. The SMILES string of the molecule is CN(C)CCc1ccc(NC(=O)CN(C)C(=O)c2ccc(Br)s2)cc1. The number of halogens is 1. The highest BCUT2D eigenvalue weighted by atomic mass is 79.9. The minimum atomic E-state index is -0.215. The van der Waals surface area contributed by atoms with Crippen LogP contribution in [0, 0.1) is 0 Å². The van der Waals surface area contributed by atoms with Crippen LogP contribution in [0.4, 0.5) is 5.69 Å². The van der Waals surface area contributed by atoms with Crippen molar-refractivity contribution in [2.24, 2.45) is 0 Å². The molecule has 134 valence electrons. The minimum Gasteiger partial charge on any atom is -0.332 e. The molecule has 1 aromatic heterocycles. The fraction of sp³-hybridized carbons (Fsp3) is 0.333. The highest BCUT2D eigenvalue weighted by Crippen LogP contribution is 2.23. The largest absolute Gasteiger partial charge is 0.332 e. The molecule has 0 unspecified atom stereocenters. The maximum absolute atomic E-state index is 12.2. The Morgan fingerprint density at radius 1 is 1.08 bits per heavy atom. The molecule has 1 heterocycles. The summed E-state index contributed by atoms with van der Waals surface area (Å²) in [7, 11) is 5.71. The molecule has 2 aromatic rings. The predicted molar refractivity (Wildman–Crippen MR) is 106 cm³/mol. The molecule has 0 fully saturated rings. The van der Waals surface area contributed by atoms with Gasteiger partial charge in [0.1, 0.15) is 0 Å². The Balaban J connectivity index is 1.86. The number of carbonyl (C=O) groups excluding carboxylic acids is 2. The van der Waals surface area contributed by atoms with E-state index in [2.05, 4.69) is 26.1 Å². The predicted octanol–water partition coefficient (Wildman–Crippen LogP) is 3.33. The van der Waals surface area contributed by atoms with Gasteiger partial charge < -0.3 is 15.1 Å². The fourth-order valence-corrected chi connectivity index (χ4v) is 3.59. The average molecular weight is 424 g/mol. The van der Waals surface area contributed by atoms with E-state index >= 15 is 0 Å². The Bertz CT molecular complexity index is 728. The second kappa shape index (κ2) is 9.12. The van der Waals surface area contributed by atoms with E-state index < -0.39 is 0 Å². The van der Waals surface area contributed by atoms with Gasteiger partial charge in [-0.1, -0.05) is 12.1 Å². The van der Waals surface area contributed by atoms with Crippen LogP contribution in [0.3, 0.4) is 0 Å². The summed E-state index contributed by atoms with van der Waals surface area (Å²) in [6.07, 6.45) is 0.967. The number of hydrogen-bond acceptors (Lipinski definition) is 4. The third kappa shape index (κ3) is 6.26. The standard InChI is InChI=1S/C18H22BrN3O2S/c1-21(2)11-10-13-4-6-14(7-5-13)20-17(23)12-22(3)18(24)15-8-9-16(19)25-15/h4-9H,10-12H2,1-3H3,(H,20,23). The van der Waals surface area contributed by atoms with Crippen LogP contribution < -0.4 is 5.32 Å². The Kier molecular flexibility index (Phi) is 7.16. The highest BCUT2D eigenvalue weighted by molar-refractivity contribution is 9.11. The van der Waals surface area contributed by atoms with Gasteiger partial charge in [-0.3, -0.25) is 9.59 Å². The zero-order chi connectivity index (χ0) is 18.4. The summed E-state index contributed by atoms with van der Waals surface area (Å²) in [4.78, 5) is 28.5. The van der Waals surface area contributed by atoms with E-state index in [-0.39, 0.29) is 18.4 Å². The summed E-state index contributed by atoms with van der Waals surface area (Å²) in [5.41, 5.74) is 1.96. The van der Waals surface area contributed by atoms with E-state index in [0.717, 1.165) is 22.4 Å². The second-order valence-electron chi connectivity index (χ2n) is 6.06. The van der Waals surface area contributed by atoms with Gasteiger partial charge in [-0.05, 0) is 66.3 Å². The normalized spacial score (nSPS) is 10.8. The van der Waals surface area contributed by atoms with Crippen molar-refractivity contribution < 1.29 is 9.59 Å². The summed E-state index contributed by atoms with van der Waals surface area (Å²) < 4.78 is 0.892. The van der Waals surface area contributed by atoms with E-state index in [9.17, 15) is 9.59 Å². The zero-order valence-corrected chi connectivity index (χ0v) is 17.0. The van der Waals surface area contributed by atoms with Crippen LogP contribution in [-0.4, -0.2) is 55.8 Å². The van der Waals surface area contributed by atoms with Crippen molar-refractivity contribution in [3.8, 4) is 0 Å². The van der Waals surface area contributed by atoms with Crippen molar-refractivity contribution in [3.05, 3.63) is 50.6 Å². The van der Waals surface area contributed by atoms with E-state index in [1.165, 1.54) is 21.8 Å². The van der Waals surface area contributed by atoms with Gasteiger partial charge in [0.15, 0.2) is 0 Å². The Morgan fingerprint density at radius 2 is 1.76 bits per heavy atom. The van der Waals surface area contributed by atoms with E-state index in [4.69, 9.17) is 0 Å². The third-order valence-electron chi connectivity index (χ3n) is 3.60.